The molecule has 0 radical (unpaired) electrons. The van der Waals surface area contributed by atoms with Crippen LogP contribution in [0.4, 0.5) is 0 Å². The van der Waals surface area contributed by atoms with Crippen LogP contribution in [0.25, 0.3) is 21.8 Å². The molecule has 0 saturated heterocycles. The topological polar surface area (TPSA) is 114 Å². The summed E-state index contributed by atoms with van der Waals surface area (Å²) in [4.78, 5) is 21.2. The highest BCUT2D eigenvalue weighted by molar-refractivity contribution is 6.35. The maximum Gasteiger partial charge on any atom is 0.353 e. The van der Waals surface area contributed by atoms with Gasteiger partial charge in [0.2, 0.25) is 0 Å². The average molecular weight is 626 g/mol. The molecule has 4 aromatic carbocycles. The predicted octanol–water partition coefficient (Wildman–Crippen LogP) is 8.40. The summed E-state index contributed by atoms with van der Waals surface area (Å²) in [5, 5.41) is 24.3. The van der Waals surface area contributed by atoms with Crippen molar-refractivity contribution in [1.29, 1.82) is 0 Å². The molecule has 0 aliphatic carbocycles. The smallest absolute Gasteiger partial charge is 0.353 e. The summed E-state index contributed by atoms with van der Waals surface area (Å²) in [7, 11) is 0. The minimum absolute atomic E-state index is 0.0429. The number of carboxylic acid groups (broad SMARTS) is 1. The van der Waals surface area contributed by atoms with E-state index in [0.29, 0.717) is 24.7 Å². The second-order valence-corrected chi connectivity index (χ2v) is 12.2. The van der Waals surface area contributed by atoms with Crippen LogP contribution < -0.4 is 9.47 Å². The van der Waals surface area contributed by atoms with Crippen LogP contribution in [0.15, 0.2) is 126 Å². The standard InChI is InChI=1S/C39H35N3O5/c1-39(2,23-36(42-45)38(43)44)37(28-13-19-32(20-14-28)46-24-30-17-11-26-7-3-5-9-34(26)40-30)29-15-21-33(22-16-29)47-25-31-18-12-27-8-4-6-10-35(27)41-31/h3-22,37,45H,23-25H2,1-2H3,(H,43,44)/b42-36-. The zero-order valence-electron chi connectivity index (χ0n) is 26.2. The number of carbonyl (C=O) groups is 1. The second-order valence-electron chi connectivity index (χ2n) is 12.2. The number of aliphatic carboxylic acids is 1. The molecular formula is C39H35N3O5. The second kappa shape index (κ2) is 13.7. The van der Waals surface area contributed by atoms with Crippen molar-refractivity contribution in [3.05, 3.63) is 144 Å². The molecule has 2 heterocycles. The fraction of sp³-hybridized carbons (Fsp3) is 0.179. The lowest BCUT2D eigenvalue weighted by Gasteiger charge is -2.35. The van der Waals surface area contributed by atoms with E-state index in [4.69, 9.17) is 9.47 Å². The molecule has 0 spiro atoms. The Morgan fingerprint density at radius 1 is 0.681 bits per heavy atom. The Bertz CT molecular complexity index is 1910. The van der Waals surface area contributed by atoms with Crippen molar-refractivity contribution in [2.75, 3.05) is 0 Å². The van der Waals surface area contributed by atoms with Crippen LogP contribution in [0.3, 0.4) is 0 Å². The summed E-state index contributed by atoms with van der Waals surface area (Å²) in [6.07, 6.45) is 0.0429. The summed E-state index contributed by atoms with van der Waals surface area (Å²) in [6, 6.07) is 39.5. The maximum absolute atomic E-state index is 11.8. The van der Waals surface area contributed by atoms with E-state index in [0.717, 1.165) is 44.3 Å². The highest BCUT2D eigenvalue weighted by Crippen LogP contribution is 2.44. The van der Waals surface area contributed by atoms with Crippen molar-refractivity contribution in [2.24, 2.45) is 10.6 Å². The van der Waals surface area contributed by atoms with Gasteiger partial charge in [-0.25, -0.2) is 14.8 Å². The van der Waals surface area contributed by atoms with Gasteiger partial charge in [-0.15, -0.1) is 0 Å². The van der Waals surface area contributed by atoms with Crippen molar-refractivity contribution in [3.8, 4) is 11.5 Å². The van der Waals surface area contributed by atoms with E-state index in [1.165, 1.54) is 0 Å². The van der Waals surface area contributed by atoms with E-state index in [9.17, 15) is 15.1 Å². The molecule has 0 atom stereocenters. The quantitative estimate of drug-likeness (QED) is 0.0797. The first-order valence-corrected chi connectivity index (χ1v) is 15.4. The fourth-order valence-corrected chi connectivity index (χ4v) is 5.99. The third-order valence-electron chi connectivity index (χ3n) is 8.28. The van der Waals surface area contributed by atoms with Gasteiger partial charge in [-0.05, 0) is 65.1 Å². The van der Waals surface area contributed by atoms with Gasteiger partial charge < -0.3 is 19.8 Å². The van der Waals surface area contributed by atoms with E-state index in [1.54, 1.807) is 0 Å². The molecule has 0 fully saturated rings. The number of carboxylic acids is 1. The van der Waals surface area contributed by atoms with Crippen LogP contribution in [-0.4, -0.2) is 32.0 Å². The summed E-state index contributed by atoms with van der Waals surface area (Å²) >= 11 is 0. The Balaban J connectivity index is 1.21. The highest BCUT2D eigenvalue weighted by atomic mass is 16.5. The maximum atomic E-state index is 11.8. The SMILES string of the molecule is CC(C)(C/C(=N/O)C(=O)O)C(c1ccc(OCc2ccc3ccccc3n2)cc1)c1ccc(OCc2ccc3ccccc3n2)cc1. The molecule has 8 nitrogen and oxygen atoms in total. The zero-order valence-corrected chi connectivity index (χ0v) is 26.2. The van der Waals surface area contributed by atoms with Crippen LogP contribution in [-0.2, 0) is 18.0 Å². The molecule has 0 aliphatic heterocycles. The van der Waals surface area contributed by atoms with E-state index in [-0.39, 0.29) is 18.1 Å². The van der Waals surface area contributed by atoms with Gasteiger partial charge in [0.1, 0.15) is 24.7 Å². The first-order chi connectivity index (χ1) is 22.8. The van der Waals surface area contributed by atoms with E-state index >= 15 is 0 Å². The molecule has 0 aliphatic rings. The molecule has 8 heteroatoms. The van der Waals surface area contributed by atoms with E-state index in [1.807, 2.05) is 135 Å². The van der Waals surface area contributed by atoms with Crippen LogP contribution in [0.5, 0.6) is 11.5 Å². The zero-order chi connectivity index (χ0) is 32.8. The van der Waals surface area contributed by atoms with Crippen LogP contribution in [0.2, 0.25) is 0 Å². The van der Waals surface area contributed by atoms with E-state index in [2.05, 4.69) is 15.1 Å². The average Bonchev–Trinajstić information content (AvgIpc) is 3.09. The van der Waals surface area contributed by atoms with Gasteiger partial charge in [0.15, 0.2) is 5.71 Å². The Hall–Kier alpha value is -5.76. The number of oxime groups is 1. The monoisotopic (exact) mass is 625 g/mol. The van der Waals surface area contributed by atoms with Crippen LogP contribution in [0, 0.1) is 5.41 Å². The van der Waals surface area contributed by atoms with Crippen molar-refractivity contribution >= 4 is 33.5 Å². The first kappa shape index (κ1) is 31.2. The lowest BCUT2D eigenvalue weighted by Crippen LogP contribution is -2.29. The minimum Gasteiger partial charge on any atom is -0.487 e. The lowest BCUT2D eigenvalue weighted by molar-refractivity contribution is -0.129. The highest BCUT2D eigenvalue weighted by Gasteiger charge is 2.35. The number of rotatable bonds is 12. The van der Waals surface area contributed by atoms with Crippen LogP contribution in [0.1, 0.15) is 48.7 Å². The Labute approximate surface area is 273 Å². The third kappa shape index (κ3) is 7.39. The molecule has 0 amide bonds. The first-order valence-electron chi connectivity index (χ1n) is 15.4. The molecule has 6 aromatic rings. The molecule has 2 N–H and O–H groups in total. The van der Waals surface area contributed by atoms with Gasteiger partial charge in [0, 0.05) is 23.1 Å². The number of hydrogen-bond donors (Lipinski definition) is 2. The molecule has 236 valence electrons. The molecule has 0 bridgehead atoms. The minimum atomic E-state index is -1.25. The number of aromatic nitrogens is 2. The lowest BCUT2D eigenvalue weighted by atomic mass is 9.68. The number of pyridine rings is 2. The van der Waals surface area contributed by atoms with Gasteiger partial charge in [-0.2, -0.15) is 0 Å². The van der Waals surface area contributed by atoms with Gasteiger partial charge in [-0.3, -0.25) is 0 Å². The van der Waals surface area contributed by atoms with Gasteiger partial charge in [0.25, 0.3) is 0 Å². The molecule has 2 aromatic heterocycles. The summed E-state index contributed by atoms with van der Waals surface area (Å²) in [6.45, 7) is 4.59. The molecule has 6 rings (SSSR count). The Morgan fingerprint density at radius 3 is 1.55 bits per heavy atom. The van der Waals surface area contributed by atoms with Crippen molar-refractivity contribution in [1.82, 2.24) is 9.97 Å². The van der Waals surface area contributed by atoms with Gasteiger partial charge in [-0.1, -0.05) is 91.8 Å². The van der Waals surface area contributed by atoms with E-state index < -0.39 is 11.4 Å². The summed E-state index contributed by atoms with van der Waals surface area (Å²) < 4.78 is 12.1. The van der Waals surface area contributed by atoms with Gasteiger partial charge in [0.05, 0.1) is 22.4 Å². The molecule has 0 unspecified atom stereocenters. The Kier molecular flexibility index (Phi) is 9.11. The number of benzene rings is 4. The number of nitrogens with zero attached hydrogens (tertiary/aromatic N) is 3. The fourth-order valence-electron chi connectivity index (χ4n) is 5.99. The molecule has 47 heavy (non-hydrogen) atoms. The van der Waals surface area contributed by atoms with Crippen molar-refractivity contribution in [2.45, 2.75) is 39.4 Å². The van der Waals surface area contributed by atoms with Crippen LogP contribution >= 0.6 is 0 Å². The van der Waals surface area contributed by atoms with Crippen molar-refractivity contribution < 1.29 is 24.6 Å². The number of hydrogen-bond acceptors (Lipinski definition) is 7. The number of fused-ring (bicyclic) bond motifs is 2. The number of ether oxygens (including phenoxy) is 2. The number of para-hydroxylation sites is 2. The summed E-state index contributed by atoms with van der Waals surface area (Å²) in [5.74, 6) is -0.119. The normalized spacial score (nSPS) is 12.0. The molecule has 0 saturated carbocycles. The van der Waals surface area contributed by atoms with Crippen molar-refractivity contribution in [3.63, 3.8) is 0 Å². The van der Waals surface area contributed by atoms with Gasteiger partial charge >= 0.3 is 5.97 Å². The Morgan fingerprint density at radius 2 is 1.13 bits per heavy atom. The third-order valence-corrected chi connectivity index (χ3v) is 8.28. The summed E-state index contributed by atoms with van der Waals surface area (Å²) in [5.41, 5.74) is 4.47. The molecular weight excluding hydrogens is 590 g/mol. The largest absolute Gasteiger partial charge is 0.487 e. The predicted molar refractivity (Wildman–Crippen MR) is 182 cm³/mol.